The molecular weight excluding hydrogens is 232 g/mol. The average Bonchev–Trinajstić information content (AvgIpc) is 2.35. The van der Waals surface area contributed by atoms with Crippen molar-refractivity contribution in [1.29, 1.82) is 0 Å². The standard InChI is InChI=1S/C17H30N2/c1-6-19(17-9-7-8-15(4)12-17)16(5)13-18-11-10-14(2)3/h7-9,12,14,16,18H,6,10-11,13H2,1-5H3. The average molecular weight is 262 g/mol. The first-order valence-corrected chi connectivity index (χ1v) is 7.58. The molecule has 1 atom stereocenters. The lowest BCUT2D eigenvalue weighted by Crippen LogP contribution is -2.40. The zero-order valence-corrected chi connectivity index (χ0v) is 13.2. The minimum Gasteiger partial charge on any atom is -0.368 e. The Bertz CT molecular complexity index is 360. The predicted molar refractivity (Wildman–Crippen MR) is 86.0 cm³/mol. The van der Waals surface area contributed by atoms with E-state index in [2.05, 4.69) is 69.1 Å². The Hall–Kier alpha value is -1.02. The fourth-order valence-electron chi connectivity index (χ4n) is 2.37. The molecule has 108 valence electrons. The summed E-state index contributed by atoms with van der Waals surface area (Å²) < 4.78 is 0. The number of rotatable bonds is 8. The molecule has 0 aromatic heterocycles. The predicted octanol–water partition coefficient (Wildman–Crippen LogP) is 3.85. The molecule has 2 heteroatoms. The minimum atomic E-state index is 0.527. The quantitative estimate of drug-likeness (QED) is 0.716. The summed E-state index contributed by atoms with van der Waals surface area (Å²) in [5.74, 6) is 0.779. The summed E-state index contributed by atoms with van der Waals surface area (Å²) >= 11 is 0. The van der Waals surface area contributed by atoms with Crippen LogP contribution in [0.2, 0.25) is 0 Å². The molecule has 1 aromatic rings. The van der Waals surface area contributed by atoms with Crippen LogP contribution in [0.5, 0.6) is 0 Å². The number of anilines is 1. The van der Waals surface area contributed by atoms with Crippen molar-refractivity contribution in [1.82, 2.24) is 5.32 Å². The van der Waals surface area contributed by atoms with Crippen molar-refractivity contribution >= 4 is 5.69 Å². The van der Waals surface area contributed by atoms with E-state index in [1.165, 1.54) is 17.7 Å². The van der Waals surface area contributed by atoms with Gasteiger partial charge in [-0.25, -0.2) is 0 Å². The first-order chi connectivity index (χ1) is 9.04. The summed E-state index contributed by atoms with van der Waals surface area (Å²) in [6.07, 6.45) is 1.25. The third-order valence-electron chi connectivity index (χ3n) is 3.54. The van der Waals surface area contributed by atoms with Gasteiger partial charge in [0.25, 0.3) is 0 Å². The molecule has 1 N–H and O–H groups in total. The summed E-state index contributed by atoms with van der Waals surface area (Å²) in [6, 6.07) is 9.31. The van der Waals surface area contributed by atoms with Gasteiger partial charge in [-0.15, -0.1) is 0 Å². The second kappa shape index (κ2) is 8.21. The van der Waals surface area contributed by atoms with Gasteiger partial charge in [-0.2, -0.15) is 0 Å². The summed E-state index contributed by atoms with van der Waals surface area (Å²) in [5, 5.41) is 3.57. The molecule has 0 fully saturated rings. The van der Waals surface area contributed by atoms with Gasteiger partial charge >= 0.3 is 0 Å². The SMILES string of the molecule is CCN(c1cccc(C)c1)C(C)CNCCC(C)C. The number of nitrogens with zero attached hydrogens (tertiary/aromatic N) is 1. The fraction of sp³-hybridized carbons (Fsp3) is 0.647. The highest BCUT2D eigenvalue weighted by Crippen LogP contribution is 2.18. The molecular formula is C17H30N2. The Kier molecular flexibility index (Phi) is 6.93. The van der Waals surface area contributed by atoms with E-state index in [1.807, 2.05) is 0 Å². The Morgan fingerprint density at radius 2 is 1.95 bits per heavy atom. The molecule has 0 spiro atoms. The summed E-state index contributed by atoms with van der Waals surface area (Å²) in [6.45, 7) is 14.5. The van der Waals surface area contributed by atoms with E-state index in [0.717, 1.165) is 25.6 Å². The highest BCUT2D eigenvalue weighted by atomic mass is 15.2. The highest BCUT2D eigenvalue weighted by Gasteiger charge is 2.12. The van der Waals surface area contributed by atoms with Crippen LogP contribution >= 0.6 is 0 Å². The Labute approximate surface area is 119 Å². The molecule has 0 saturated heterocycles. The summed E-state index contributed by atoms with van der Waals surface area (Å²) in [4.78, 5) is 2.47. The van der Waals surface area contributed by atoms with E-state index in [1.54, 1.807) is 0 Å². The van der Waals surface area contributed by atoms with Gasteiger partial charge in [-0.3, -0.25) is 0 Å². The molecule has 1 aromatic carbocycles. The number of benzene rings is 1. The molecule has 0 heterocycles. The second-order valence-electron chi connectivity index (χ2n) is 5.86. The van der Waals surface area contributed by atoms with Crippen LogP contribution in [0.1, 0.15) is 39.7 Å². The zero-order valence-electron chi connectivity index (χ0n) is 13.2. The van der Waals surface area contributed by atoms with Crippen molar-refractivity contribution in [2.45, 2.75) is 47.1 Å². The molecule has 0 aliphatic carbocycles. The van der Waals surface area contributed by atoms with E-state index in [9.17, 15) is 0 Å². The number of nitrogens with one attached hydrogen (secondary N) is 1. The second-order valence-corrected chi connectivity index (χ2v) is 5.86. The zero-order chi connectivity index (χ0) is 14.3. The van der Waals surface area contributed by atoms with E-state index >= 15 is 0 Å². The molecule has 0 radical (unpaired) electrons. The monoisotopic (exact) mass is 262 g/mol. The van der Waals surface area contributed by atoms with Crippen molar-refractivity contribution in [3.8, 4) is 0 Å². The first-order valence-electron chi connectivity index (χ1n) is 7.58. The number of aryl methyl sites for hydroxylation is 1. The molecule has 1 rings (SSSR count). The normalized spacial score (nSPS) is 12.7. The van der Waals surface area contributed by atoms with Gasteiger partial charge in [0.2, 0.25) is 0 Å². The molecule has 0 aliphatic heterocycles. The minimum absolute atomic E-state index is 0.527. The van der Waals surface area contributed by atoms with Crippen LogP contribution in [0.3, 0.4) is 0 Å². The molecule has 0 bridgehead atoms. The molecule has 1 unspecified atom stereocenters. The Morgan fingerprint density at radius 3 is 2.53 bits per heavy atom. The van der Waals surface area contributed by atoms with E-state index in [4.69, 9.17) is 0 Å². The van der Waals surface area contributed by atoms with Gasteiger partial charge in [0.1, 0.15) is 0 Å². The number of hydrogen-bond donors (Lipinski definition) is 1. The Morgan fingerprint density at radius 1 is 1.21 bits per heavy atom. The van der Waals surface area contributed by atoms with Crippen molar-refractivity contribution in [3.63, 3.8) is 0 Å². The van der Waals surface area contributed by atoms with Crippen LogP contribution in [-0.4, -0.2) is 25.7 Å². The van der Waals surface area contributed by atoms with E-state index < -0.39 is 0 Å². The Balaban J connectivity index is 2.50. The maximum atomic E-state index is 3.57. The van der Waals surface area contributed by atoms with Gasteiger partial charge in [-0.05, 0) is 57.4 Å². The lowest BCUT2D eigenvalue weighted by Gasteiger charge is -2.31. The highest BCUT2D eigenvalue weighted by molar-refractivity contribution is 5.49. The van der Waals surface area contributed by atoms with E-state index in [-0.39, 0.29) is 0 Å². The molecule has 0 amide bonds. The van der Waals surface area contributed by atoms with Crippen LogP contribution in [0.15, 0.2) is 24.3 Å². The summed E-state index contributed by atoms with van der Waals surface area (Å²) in [5.41, 5.74) is 2.66. The maximum Gasteiger partial charge on any atom is 0.0386 e. The van der Waals surface area contributed by atoms with Crippen molar-refractivity contribution < 1.29 is 0 Å². The van der Waals surface area contributed by atoms with Gasteiger partial charge in [-0.1, -0.05) is 26.0 Å². The van der Waals surface area contributed by atoms with Gasteiger partial charge in [0, 0.05) is 24.8 Å². The lowest BCUT2D eigenvalue weighted by molar-refractivity contribution is 0.509. The first kappa shape index (κ1) is 16.0. The lowest BCUT2D eigenvalue weighted by atomic mass is 10.1. The van der Waals surface area contributed by atoms with Gasteiger partial charge in [0.15, 0.2) is 0 Å². The van der Waals surface area contributed by atoms with Crippen molar-refractivity contribution in [3.05, 3.63) is 29.8 Å². The van der Waals surface area contributed by atoms with E-state index in [0.29, 0.717) is 6.04 Å². The maximum absolute atomic E-state index is 3.57. The fourth-order valence-corrected chi connectivity index (χ4v) is 2.37. The molecule has 0 saturated carbocycles. The largest absolute Gasteiger partial charge is 0.368 e. The van der Waals surface area contributed by atoms with Crippen LogP contribution in [0, 0.1) is 12.8 Å². The number of hydrogen-bond acceptors (Lipinski definition) is 2. The van der Waals surface area contributed by atoms with Gasteiger partial charge < -0.3 is 10.2 Å². The van der Waals surface area contributed by atoms with Crippen molar-refractivity contribution in [2.24, 2.45) is 5.92 Å². The summed E-state index contributed by atoms with van der Waals surface area (Å²) in [7, 11) is 0. The van der Waals surface area contributed by atoms with Crippen molar-refractivity contribution in [2.75, 3.05) is 24.5 Å². The van der Waals surface area contributed by atoms with Crippen LogP contribution < -0.4 is 10.2 Å². The number of likely N-dealkylation sites (N-methyl/N-ethyl adjacent to an activating group) is 1. The van der Waals surface area contributed by atoms with Crippen LogP contribution in [0.25, 0.3) is 0 Å². The van der Waals surface area contributed by atoms with Gasteiger partial charge in [0.05, 0.1) is 0 Å². The smallest absolute Gasteiger partial charge is 0.0386 e. The molecule has 2 nitrogen and oxygen atoms in total. The molecule has 19 heavy (non-hydrogen) atoms. The molecule has 0 aliphatic rings. The van der Waals surface area contributed by atoms with Crippen LogP contribution in [0.4, 0.5) is 5.69 Å². The third-order valence-corrected chi connectivity index (χ3v) is 3.54. The third kappa shape index (κ3) is 5.65. The van der Waals surface area contributed by atoms with Crippen LogP contribution in [-0.2, 0) is 0 Å². The topological polar surface area (TPSA) is 15.3 Å².